The molecule has 4 aromatic rings. The number of ketones is 1. The molecule has 5 heteroatoms. The van der Waals surface area contributed by atoms with Crippen molar-refractivity contribution >= 4 is 28.1 Å². The average molecular weight is 252 g/mol. The van der Waals surface area contributed by atoms with E-state index in [1.165, 1.54) is 0 Å². The van der Waals surface area contributed by atoms with Gasteiger partial charge in [0.15, 0.2) is 11.3 Å². The van der Waals surface area contributed by atoms with Gasteiger partial charge in [-0.3, -0.25) is 4.79 Å². The predicted molar refractivity (Wildman–Crippen MR) is 62.1 cm³/mol. The average Bonchev–Trinajstić information content (AvgIpc) is 3.26. The van der Waals surface area contributed by atoms with E-state index < -0.39 is 5.79 Å². The second-order valence-corrected chi connectivity index (χ2v) is 4.87. The standard InChI is InChI=1S/C14H4O5/c15-13-7-8-10(16-8)12-11(17-12)9(7)19-14(13)5-3-1-2-4-6(5)18-14/h1-4H. The van der Waals surface area contributed by atoms with Crippen molar-refractivity contribution in [1.82, 2.24) is 0 Å². The lowest BCUT2D eigenvalue weighted by atomic mass is 9.93. The second-order valence-electron chi connectivity index (χ2n) is 4.87. The number of hydrogen-bond donors (Lipinski definition) is 0. The SMILES string of the molecule is O=C1c2c(c3oc3c3oc23)OC12Oc1ccccc12. The molecule has 1 unspecified atom stereocenters. The van der Waals surface area contributed by atoms with Gasteiger partial charge >= 0.3 is 5.79 Å². The number of fused-ring (bicyclic) bond motifs is 8. The van der Waals surface area contributed by atoms with Crippen LogP contribution in [0.2, 0.25) is 0 Å². The first-order valence-electron chi connectivity index (χ1n) is 5.91. The zero-order valence-corrected chi connectivity index (χ0v) is 9.35. The highest BCUT2D eigenvalue weighted by Crippen LogP contribution is 2.59. The van der Waals surface area contributed by atoms with Gasteiger partial charge in [0.2, 0.25) is 16.7 Å². The van der Waals surface area contributed by atoms with Gasteiger partial charge in [-0.2, -0.15) is 0 Å². The van der Waals surface area contributed by atoms with Crippen LogP contribution in [0.1, 0.15) is 15.9 Å². The fourth-order valence-corrected chi connectivity index (χ4v) is 2.88. The maximum Gasteiger partial charge on any atom is 0.348 e. The van der Waals surface area contributed by atoms with Crippen LogP contribution in [-0.2, 0) is 5.79 Å². The van der Waals surface area contributed by atoms with Crippen molar-refractivity contribution in [3.63, 3.8) is 0 Å². The number of benzene rings is 2. The zero-order valence-electron chi connectivity index (χ0n) is 9.35. The highest BCUT2D eigenvalue weighted by atomic mass is 16.7. The van der Waals surface area contributed by atoms with E-state index in [9.17, 15) is 4.79 Å². The monoisotopic (exact) mass is 252 g/mol. The minimum atomic E-state index is -1.33. The Hall–Kier alpha value is -2.69. The number of para-hydroxylation sites is 1. The zero-order chi connectivity index (χ0) is 12.4. The van der Waals surface area contributed by atoms with Crippen LogP contribution in [0.3, 0.4) is 0 Å². The number of carbonyl (C=O) groups is 1. The van der Waals surface area contributed by atoms with Gasteiger partial charge in [-0.1, -0.05) is 12.1 Å². The van der Waals surface area contributed by atoms with E-state index >= 15 is 0 Å². The molecular formula is C14H4O5. The molecule has 0 aliphatic carbocycles. The van der Waals surface area contributed by atoms with Gasteiger partial charge in [0.05, 0.1) is 5.56 Å². The normalized spacial score (nSPS) is 23.9. The first-order chi connectivity index (χ1) is 9.29. The van der Waals surface area contributed by atoms with E-state index in [-0.39, 0.29) is 5.78 Å². The van der Waals surface area contributed by atoms with Crippen LogP contribution in [0.5, 0.6) is 11.5 Å². The number of ether oxygens (including phenoxy) is 2. The van der Waals surface area contributed by atoms with Gasteiger partial charge < -0.3 is 18.3 Å². The van der Waals surface area contributed by atoms with E-state index in [4.69, 9.17) is 18.3 Å². The molecule has 19 heavy (non-hydrogen) atoms. The molecule has 0 saturated carbocycles. The minimum absolute atomic E-state index is 0.215. The van der Waals surface area contributed by atoms with Crippen LogP contribution in [0.25, 0.3) is 22.3 Å². The maximum absolute atomic E-state index is 12.6. The lowest BCUT2D eigenvalue weighted by Crippen LogP contribution is -2.49. The predicted octanol–water partition coefficient (Wildman–Crippen LogP) is 2.88. The quantitative estimate of drug-likeness (QED) is 0.481. The van der Waals surface area contributed by atoms with E-state index in [1.807, 2.05) is 24.3 Å². The van der Waals surface area contributed by atoms with Gasteiger partial charge in [0.25, 0.3) is 5.78 Å². The molecule has 0 fully saturated rings. The third-order valence-corrected chi connectivity index (χ3v) is 3.87. The molecule has 2 aromatic carbocycles. The minimum Gasteiger partial charge on any atom is -0.444 e. The summed E-state index contributed by atoms with van der Waals surface area (Å²) < 4.78 is 22.0. The summed E-state index contributed by atoms with van der Waals surface area (Å²) in [6.07, 6.45) is 0. The van der Waals surface area contributed by atoms with Crippen molar-refractivity contribution in [1.29, 1.82) is 0 Å². The van der Waals surface area contributed by atoms with Crippen LogP contribution < -0.4 is 9.47 Å². The summed E-state index contributed by atoms with van der Waals surface area (Å²) in [7, 11) is 0. The van der Waals surface area contributed by atoms with Gasteiger partial charge in [-0.05, 0) is 12.1 Å². The molecule has 1 spiro atoms. The molecule has 2 aromatic heterocycles. The van der Waals surface area contributed by atoms with Crippen molar-refractivity contribution in [2.24, 2.45) is 0 Å². The summed E-state index contributed by atoms with van der Waals surface area (Å²) in [6, 6.07) is 7.36. The maximum atomic E-state index is 12.6. The molecule has 0 saturated heterocycles. The Kier molecular flexibility index (Phi) is 0.946. The first-order valence-corrected chi connectivity index (χ1v) is 5.91. The third kappa shape index (κ3) is 0.699. The molecular weight excluding hydrogens is 248 g/mol. The van der Waals surface area contributed by atoms with Crippen LogP contribution >= 0.6 is 0 Å². The Labute approximate surface area is 105 Å². The van der Waals surface area contributed by atoms with E-state index in [0.717, 1.165) is 5.56 Å². The van der Waals surface area contributed by atoms with Gasteiger partial charge in [0.1, 0.15) is 11.3 Å². The summed E-state index contributed by atoms with van der Waals surface area (Å²) in [6.45, 7) is 0. The topological polar surface area (TPSA) is 61.8 Å². The summed E-state index contributed by atoms with van der Waals surface area (Å²) in [5.41, 5.74) is 3.72. The fourth-order valence-electron chi connectivity index (χ4n) is 2.88. The van der Waals surface area contributed by atoms with Gasteiger partial charge in [0, 0.05) is 0 Å². The van der Waals surface area contributed by atoms with E-state index in [1.54, 1.807) is 0 Å². The molecule has 4 heterocycles. The number of hydrogen-bond acceptors (Lipinski definition) is 5. The molecule has 2 aliphatic heterocycles. The molecule has 2 aliphatic rings. The van der Waals surface area contributed by atoms with Crippen molar-refractivity contribution in [2.75, 3.05) is 0 Å². The summed E-state index contributed by atoms with van der Waals surface area (Å²) in [5, 5.41) is 0. The summed E-state index contributed by atoms with van der Waals surface area (Å²) in [5.74, 6) is -0.425. The lowest BCUT2D eigenvalue weighted by molar-refractivity contribution is -0.109. The lowest BCUT2D eigenvalue weighted by Gasteiger charge is -2.37. The smallest absolute Gasteiger partial charge is 0.348 e. The molecule has 0 amide bonds. The number of Topliss-reactive ketones (excluding diaryl/α,β-unsaturated/α-hetero) is 1. The number of rotatable bonds is 0. The molecule has 6 rings (SSSR count). The van der Waals surface area contributed by atoms with Crippen LogP contribution in [0.15, 0.2) is 33.1 Å². The molecule has 5 nitrogen and oxygen atoms in total. The Bertz CT molecular complexity index is 990. The molecule has 90 valence electrons. The van der Waals surface area contributed by atoms with Crippen molar-refractivity contribution in [3.05, 3.63) is 35.4 Å². The van der Waals surface area contributed by atoms with Crippen molar-refractivity contribution in [3.8, 4) is 11.5 Å². The van der Waals surface area contributed by atoms with Crippen molar-refractivity contribution in [2.45, 2.75) is 5.79 Å². The Balaban J connectivity index is 1.66. The summed E-state index contributed by atoms with van der Waals surface area (Å²) >= 11 is 0. The Morgan fingerprint density at radius 2 is 1.68 bits per heavy atom. The summed E-state index contributed by atoms with van der Waals surface area (Å²) in [4.78, 5) is 12.6. The van der Waals surface area contributed by atoms with Crippen LogP contribution in [0, 0.1) is 0 Å². The largest absolute Gasteiger partial charge is 0.444 e. The highest BCUT2D eigenvalue weighted by Gasteiger charge is 2.62. The molecule has 0 bridgehead atoms. The molecule has 0 N–H and O–H groups in total. The molecule has 0 radical (unpaired) electrons. The van der Waals surface area contributed by atoms with Gasteiger partial charge in [-0.15, -0.1) is 0 Å². The first kappa shape index (κ1) is 8.42. The van der Waals surface area contributed by atoms with Crippen LogP contribution in [-0.4, -0.2) is 5.78 Å². The van der Waals surface area contributed by atoms with Crippen LogP contribution in [0.4, 0.5) is 0 Å². The van der Waals surface area contributed by atoms with Crippen molar-refractivity contribution < 1.29 is 23.1 Å². The van der Waals surface area contributed by atoms with Gasteiger partial charge in [-0.25, -0.2) is 0 Å². The number of carbonyl (C=O) groups excluding carboxylic acids is 1. The van der Waals surface area contributed by atoms with E-state index in [2.05, 4.69) is 0 Å². The third-order valence-electron chi connectivity index (χ3n) is 3.87. The second kappa shape index (κ2) is 2.14. The molecule has 1 atom stereocenters. The Morgan fingerprint density at radius 1 is 0.895 bits per heavy atom. The van der Waals surface area contributed by atoms with E-state index in [0.29, 0.717) is 39.4 Å². The highest BCUT2D eigenvalue weighted by molar-refractivity contribution is 6.24. The fraction of sp³-hybridized carbons (Fsp3) is 0.0714. The Morgan fingerprint density at radius 3 is 2.58 bits per heavy atom.